The number of hydrogen-bond donors (Lipinski definition) is 1. The average molecular weight is 290 g/mol. The van der Waals surface area contributed by atoms with Crippen LogP contribution in [-0.2, 0) is 4.74 Å². The molecule has 1 atom stereocenters. The molecule has 0 aromatic carbocycles. The minimum atomic E-state index is 0.422. The van der Waals surface area contributed by atoms with Crippen molar-refractivity contribution < 1.29 is 4.74 Å². The van der Waals surface area contributed by atoms with Crippen molar-refractivity contribution in [2.45, 2.75) is 18.9 Å². The Morgan fingerprint density at radius 1 is 1.29 bits per heavy atom. The summed E-state index contributed by atoms with van der Waals surface area (Å²) in [6, 6.07) is 4.70. The van der Waals surface area contributed by atoms with Gasteiger partial charge in [0.25, 0.3) is 0 Å². The van der Waals surface area contributed by atoms with Gasteiger partial charge in [0.1, 0.15) is 5.82 Å². The van der Waals surface area contributed by atoms with E-state index in [1.807, 2.05) is 6.20 Å². The van der Waals surface area contributed by atoms with Gasteiger partial charge >= 0.3 is 0 Å². The molecule has 2 heterocycles. The molecule has 1 aromatic rings. The number of nitrogens with zero attached hydrogens (tertiary/aromatic N) is 3. The first-order valence-electron chi connectivity index (χ1n) is 7.91. The number of aromatic nitrogens is 1. The topological polar surface area (TPSA) is 40.6 Å². The van der Waals surface area contributed by atoms with Gasteiger partial charge in [-0.25, -0.2) is 4.98 Å². The maximum absolute atomic E-state index is 5.31. The van der Waals surface area contributed by atoms with E-state index in [0.29, 0.717) is 6.04 Å². The van der Waals surface area contributed by atoms with Crippen LogP contribution in [0.4, 0.5) is 11.5 Å². The first kappa shape index (κ1) is 14.6. The van der Waals surface area contributed by atoms with Gasteiger partial charge in [-0.2, -0.15) is 0 Å². The molecule has 1 saturated heterocycles. The average Bonchev–Trinajstić information content (AvgIpc) is 3.33. The number of hydrogen-bond acceptors (Lipinski definition) is 5. The van der Waals surface area contributed by atoms with Gasteiger partial charge in [0.15, 0.2) is 0 Å². The Morgan fingerprint density at radius 2 is 2.05 bits per heavy atom. The van der Waals surface area contributed by atoms with Gasteiger partial charge in [-0.3, -0.25) is 0 Å². The van der Waals surface area contributed by atoms with Gasteiger partial charge in [-0.1, -0.05) is 0 Å². The molecular formula is C16H26N4O. The summed E-state index contributed by atoms with van der Waals surface area (Å²) in [5.41, 5.74) is 1.10. The Labute approximate surface area is 127 Å². The maximum Gasteiger partial charge on any atom is 0.128 e. The minimum Gasteiger partial charge on any atom is -0.383 e. The molecule has 0 radical (unpaired) electrons. The lowest BCUT2D eigenvalue weighted by molar-refractivity contribution is 0.179. The highest BCUT2D eigenvalue weighted by Gasteiger charge is 2.31. The second-order valence-corrected chi connectivity index (χ2v) is 6.24. The molecule has 1 aliphatic heterocycles. The van der Waals surface area contributed by atoms with E-state index in [2.05, 4.69) is 39.3 Å². The van der Waals surface area contributed by atoms with Gasteiger partial charge in [-0.05, 0) is 37.9 Å². The van der Waals surface area contributed by atoms with E-state index in [9.17, 15) is 0 Å². The van der Waals surface area contributed by atoms with Crippen LogP contribution in [0.3, 0.4) is 0 Å². The Balaban J connectivity index is 1.58. The number of piperazine rings is 1. The Kier molecular flexibility index (Phi) is 4.60. The summed E-state index contributed by atoms with van der Waals surface area (Å²) in [6.45, 7) is 5.11. The van der Waals surface area contributed by atoms with Crippen LogP contribution in [-0.4, -0.2) is 62.9 Å². The van der Waals surface area contributed by atoms with Crippen molar-refractivity contribution in [3.8, 4) is 0 Å². The number of likely N-dealkylation sites (N-methyl/N-ethyl adjacent to an activating group) is 1. The smallest absolute Gasteiger partial charge is 0.128 e. The highest BCUT2D eigenvalue weighted by Crippen LogP contribution is 2.34. The van der Waals surface area contributed by atoms with E-state index in [4.69, 9.17) is 4.74 Å². The lowest BCUT2D eigenvalue weighted by Crippen LogP contribution is -2.44. The lowest BCUT2D eigenvalue weighted by atomic mass is 10.2. The van der Waals surface area contributed by atoms with E-state index in [1.165, 1.54) is 12.8 Å². The van der Waals surface area contributed by atoms with Crippen LogP contribution in [0.2, 0.25) is 0 Å². The number of nitrogens with one attached hydrogen (secondary N) is 1. The zero-order chi connectivity index (χ0) is 14.7. The van der Waals surface area contributed by atoms with Crippen LogP contribution in [0.15, 0.2) is 18.3 Å². The fourth-order valence-corrected chi connectivity index (χ4v) is 2.88. The van der Waals surface area contributed by atoms with Crippen molar-refractivity contribution in [2.24, 2.45) is 5.92 Å². The van der Waals surface area contributed by atoms with Crippen molar-refractivity contribution in [2.75, 3.05) is 57.2 Å². The Morgan fingerprint density at radius 3 is 2.62 bits per heavy atom. The molecule has 3 rings (SSSR count). The van der Waals surface area contributed by atoms with Gasteiger partial charge in [0, 0.05) is 33.3 Å². The summed E-state index contributed by atoms with van der Waals surface area (Å²) in [6.07, 6.45) is 4.58. The Hall–Kier alpha value is -1.33. The largest absolute Gasteiger partial charge is 0.383 e. The predicted octanol–water partition coefficient (Wildman–Crippen LogP) is 1.67. The fraction of sp³-hybridized carbons (Fsp3) is 0.688. The van der Waals surface area contributed by atoms with Crippen molar-refractivity contribution in [3.63, 3.8) is 0 Å². The van der Waals surface area contributed by atoms with Gasteiger partial charge < -0.3 is 19.9 Å². The molecule has 5 heteroatoms. The zero-order valence-electron chi connectivity index (χ0n) is 13.1. The van der Waals surface area contributed by atoms with E-state index in [0.717, 1.165) is 50.2 Å². The third-order valence-electron chi connectivity index (χ3n) is 4.46. The monoisotopic (exact) mass is 290 g/mol. The first-order valence-corrected chi connectivity index (χ1v) is 7.91. The number of pyridine rings is 1. The molecule has 1 aromatic heterocycles. The number of anilines is 2. The fourth-order valence-electron chi connectivity index (χ4n) is 2.88. The molecular weight excluding hydrogens is 264 g/mol. The van der Waals surface area contributed by atoms with Crippen molar-refractivity contribution >= 4 is 11.5 Å². The lowest BCUT2D eigenvalue weighted by Gasteiger charge is -2.33. The van der Waals surface area contributed by atoms with Crippen LogP contribution in [0.25, 0.3) is 0 Å². The normalized spacial score (nSPS) is 21.3. The van der Waals surface area contributed by atoms with Crippen LogP contribution in [0, 0.1) is 5.92 Å². The Bertz CT molecular complexity index is 438. The first-order chi connectivity index (χ1) is 10.3. The highest BCUT2D eigenvalue weighted by atomic mass is 16.5. The van der Waals surface area contributed by atoms with Crippen molar-refractivity contribution in [1.29, 1.82) is 0 Å². The minimum absolute atomic E-state index is 0.422. The molecule has 0 unspecified atom stereocenters. The highest BCUT2D eigenvalue weighted by molar-refractivity contribution is 5.49. The molecule has 21 heavy (non-hydrogen) atoms. The van der Waals surface area contributed by atoms with Crippen molar-refractivity contribution in [3.05, 3.63) is 18.3 Å². The summed E-state index contributed by atoms with van der Waals surface area (Å²) < 4.78 is 5.31. The number of methoxy groups -OCH3 is 1. The summed E-state index contributed by atoms with van der Waals surface area (Å²) >= 11 is 0. The van der Waals surface area contributed by atoms with Crippen molar-refractivity contribution in [1.82, 2.24) is 9.88 Å². The summed E-state index contributed by atoms with van der Waals surface area (Å²) in [5.74, 6) is 1.85. The van der Waals surface area contributed by atoms with E-state index < -0.39 is 0 Å². The van der Waals surface area contributed by atoms with Gasteiger partial charge in [0.05, 0.1) is 24.5 Å². The third kappa shape index (κ3) is 3.86. The zero-order valence-corrected chi connectivity index (χ0v) is 13.1. The van der Waals surface area contributed by atoms with Gasteiger partial charge in [0.2, 0.25) is 0 Å². The molecule has 0 spiro atoms. The number of rotatable bonds is 6. The number of ether oxygens (including phenoxy) is 1. The maximum atomic E-state index is 5.31. The van der Waals surface area contributed by atoms with Crippen LogP contribution in [0.5, 0.6) is 0 Å². The molecule has 1 N–H and O–H groups in total. The molecule has 116 valence electrons. The SMILES string of the molecule is COC[C@H](Nc1ccc(N2CCN(C)CC2)nc1)C1CC1. The van der Waals surface area contributed by atoms with Crippen LogP contribution in [0.1, 0.15) is 12.8 Å². The molecule has 5 nitrogen and oxygen atoms in total. The predicted molar refractivity (Wildman–Crippen MR) is 86.0 cm³/mol. The molecule has 0 amide bonds. The second-order valence-electron chi connectivity index (χ2n) is 6.24. The molecule has 2 aliphatic rings. The van der Waals surface area contributed by atoms with E-state index >= 15 is 0 Å². The summed E-state index contributed by atoms with van der Waals surface area (Å²) in [7, 11) is 3.94. The van der Waals surface area contributed by atoms with E-state index in [-0.39, 0.29) is 0 Å². The quantitative estimate of drug-likeness (QED) is 0.863. The van der Waals surface area contributed by atoms with Gasteiger partial charge in [-0.15, -0.1) is 0 Å². The third-order valence-corrected chi connectivity index (χ3v) is 4.46. The second kappa shape index (κ2) is 6.62. The molecule has 1 aliphatic carbocycles. The van der Waals surface area contributed by atoms with Crippen LogP contribution < -0.4 is 10.2 Å². The van der Waals surface area contributed by atoms with Crippen LogP contribution >= 0.6 is 0 Å². The molecule has 2 fully saturated rings. The standard InChI is InChI=1S/C16H26N4O/c1-19-7-9-20(10-8-19)16-6-5-14(11-17-16)18-15(12-21-2)13-3-4-13/h5-6,11,13,15,18H,3-4,7-10,12H2,1-2H3/t15-/m0/s1. The summed E-state index contributed by atoms with van der Waals surface area (Å²) in [5, 5.41) is 3.56. The molecule has 0 bridgehead atoms. The molecule has 1 saturated carbocycles. The van der Waals surface area contributed by atoms with E-state index in [1.54, 1.807) is 7.11 Å². The summed E-state index contributed by atoms with van der Waals surface area (Å²) in [4.78, 5) is 9.34.